The van der Waals surface area contributed by atoms with Gasteiger partial charge < -0.3 is 0 Å². The SMILES string of the molecule is c1ccc(-c2cc3cc4c(nc3nc2-c2ccc(-c3nc5nc6c(cc5cc3-c3ccccc3)-c3cccc5cccc-6c35)c3ccccc23)-c2cccc3cccc-4c23)cc1. The second kappa shape index (κ2) is 12.6. The quantitative estimate of drug-likeness (QED) is 0.178. The van der Waals surface area contributed by atoms with Crippen LogP contribution in [0.15, 0.2) is 194 Å². The minimum Gasteiger partial charge on any atom is -0.227 e. The van der Waals surface area contributed by atoms with Crippen LogP contribution >= 0.6 is 0 Å². The molecular formula is C58H32N4. The molecule has 0 unspecified atom stereocenters. The molecule has 0 saturated carbocycles. The lowest BCUT2D eigenvalue weighted by atomic mass is 9.90. The van der Waals surface area contributed by atoms with Crippen LogP contribution in [-0.4, -0.2) is 19.9 Å². The molecule has 0 amide bonds. The van der Waals surface area contributed by atoms with Gasteiger partial charge in [-0.05, 0) is 78.8 Å². The van der Waals surface area contributed by atoms with Gasteiger partial charge in [0.2, 0.25) is 0 Å². The van der Waals surface area contributed by atoms with Crippen LogP contribution in [0.3, 0.4) is 0 Å². The largest absolute Gasteiger partial charge is 0.227 e. The van der Waals surface area contributed by atoms with Crippen LogP contribution in [0.2, 0.25) is 0 Å². The zero-order chi connectivity index (χ0) is 40.5. The van der Waals surface area contributed by atoms with E-state index in [1.54, 1.807) is 0 Å². The zero-order valence-corrected chi connectivity index (χ0v) is 33.3. The van der Waals surface area contributed by atoms with E-state index in [0.29, 0.717) is 0 Å². The van der Waals surface area contributed by atoms with Crippen molar-refractivity contribution >= 4 is 54.4 Å². The normalized spacial score (nSPS) is 12.2. The molecule has 2 aliphatic carbocycles. The molecule has 0 aliphatic heterocycles. The van der Waals surface area contributed by atoms with Crippen LogP contribution in [0, 0.1) is 0 Å². The van der Waals surface area contributed by atoms with Crippen LogP contribution in [0.4, 0.5) is 0 Å². The topological polar surface area (TPSA) is 51.6 Å². The first-order chi connectivity index (χ1) is 30.7. The van der Waals surface area contributed by atoms with Gasteiger partial charge in [0.05, 0.1) is 22.8 Å². The molecule has 0 atom stereocenters. The minimum absolute atomic E-state index is 0.732. The standard InChI is InChI=1S/C58H32N4/c1-3-13-33(14-4-1)47-29-37-31-49-41-23-9-17-35-19-11-25-45(51(35)41)55(49)61-57(37)59-53(47)43-27-28-44(40-22-8-7-21-39(40)43)54-48(34-15-5-2-6-16-34)30-38-32-50-42-24-10-18-36-20-12-26-46(52(36)42)56(50)62-58(38)60-54/h1-32H. The van der Waals surface area contributed by atoms with Gasteiger partial charge in [-0.25, -0.2) is 19.9 Å². The number of nitrogens with zero attached hydrogens (tertiary/aromatic N) is 4. The monoisotopic (exact) mass is 784 g/mol. The number of fused-ring (bicyclic) bond motifs is 9. The summed E-state index contributed by atoms with van der Waals surface area (Å²) in [7, 11) is 0. The third-order valence-corrected chi connectivity index (χ3v) is 13.1. The second-order valence-electron chi connectivity index (χ2n) is 16.5. The smallest absolute Gasteiger partial charge is 0.160 e. The van der Waals surface area contributed by atoms with Crippen molar-refractivity contribution < 1.29 is 0 Å². The van der Waals surface area contributed by atoms with Crippen LogP contribution in [0.25, 0.3) is 144 Å². The van der Waals surface area contributed by atoms with Crippen molar-refractivity contribution in [1.82, 2.24) is 19.9 Å². The van der Waals surface area contributed by atoms with Gasteiger partial charge in [-0.15, -0.1) is 0 Å². The van der Waals surface area contributed by atoms with Crippen LogP contribution in [0.1, 0.15) is 0 Å². The first-order valence-electron chi connectivity index (χ1n) is 21.1. The van der Waals surface area contributed by atoms with E-state index in [1.807, 2.05) is 0 Å². The van der Waals surface area contributed by atoms with Gasteiger partial charge in [0.1, 0.15) is 0 Å². The van der Waals surface area contributed by atoms with Gasteiger partial charge in [0, 0.05) is 55.3 Å². The molecule has 4 aromatic heterocycles. The lowest BCUT2D eigenvalue weighted by Gasteiger charge is -2.17. The van der Waals surface area contributed by atoms with Crippen LogP contribution < -0.4 is 0 Å². The van der Waals surface area contributed by atoms with E-state index >= 15 is 0 Å². The molecule has 0 fully saturated rings. The Labute approximate surface area is 356 Å². The van der Waals surface area contributed by atoms with Crippen LogP contribution in [0.5, 0.6) is 0 Å². The Kier molecular flexibility index (Phi) is 6.80. The molecule has 0 saturated heterocycles. The van der Waals surface area contributed by atoms with Gasteiger partial charge in [0.15, 0.2) is 11.3 Å². The Hall–Kier alpha value is -8.34. The molecule has 284 valence electrons. The maximum absolute atomic E-state index is 5.51. The Morgan fingerprint density at radius 1 is 0.226 bits per heavy atom. The lowest BCUT2D eigenvalue weighted by Crippen LogP contribution is -1.98. The first-order valence-corrected chi connectivity index (χ1v) is 21.1. The molecule has 4 heterocycles. The maximum Gasteiger partial charge on any atom is 0.160 e. The van der Waals surface area contributed by atoms with Crippen molar-refractivity contribution in [3.8, 4) is 89.5 Å². The number of pyridine rings is 4. The fraction of sp³-hybridized carbons (Fsp3) is 0. The van der Waals surface area contributed by atoms with Crippen LogP contribution in [-0.2, 0) is 0 Å². The van der Waals surface area contributed by atoms with Crippen molar-refractivity contribution in [2.75, 3.05) is 0 Å². The summed E-state index contributed by atoms with van der Waals surface area (Å²) < 4.78 is 0. The summed E-state index contributed by atoms with van der Waals surface area (Å²) >= 11 is 0. The average Bonchev–Trinajstić information content (AvgIpc) is 3.82. The molecule has 2 aliphatic rings. The molecule has 4 heteroatoms. The van der Waals surface area contributed by atoms with E-state index in [2.05, 4.69) is 194 Å². The summed E-state index contributed by atoms with van der Waals surface area (Å²) in [6, 6.07) is 69.6. The third-order valence-electron chi connectivity index (χ3n) is 13.1. The molecule has 0 N–H and O–H groups in total. The summed E-state index contributed by atoms with van der Waals surface area (Å²) in [6.45, 7) is 0. The third kappa shape index (κ3) is 4.72. The molecule has 0 radical (unpaired) electrons. The summed E-state index contributed by atoms with van der Waals surface area (Å²) in [5.74, 6) is 0. The maximum atomic E-state index is 5.51. The number of hydrogen-bond donors (Lipinski definition) is 0. The Balaban J connectivity index is 1.00. The lowest BCUT2D eigenvalue weighted by molar-refractivity contribution is 1.29. The number of aromatic nitrogens is 4. The highest BCUT2D eigenvalue weighted by Gasteiger charge is 2.27. The van der Waals surface area contributed by atoms with Crippen molar-refractivity contribution in [3.05, 3.63) is 194 Å². The van der Waals surface area contributed by atoms with Crippen molar-refractivity contribution in [1.29, 1.82) is 0 Å². The number of hydrogen-bond acceptors (Lipinski definition) is 4. The molecule has 0 spiro atoms. The minimum atomic E-state index is 0.732. The Bertz CT molecular complexity index is 3640. The van der Waals surface area contributed by atoms with E-state index in [0.717, 1.165) is 100 Å². The number of rotatable bonds is 4. The molecule has 4 nitrogen and oxygen atoms in total. The summed E-state index contributed by atoms with van der Waals surface area (Å²) in [4.78, 5) is 21.7. The van der Waals surface area contributed by atoms with Crippen molar-refractivity contribution in [2.24, 2.45) is 0 Å². The van der Waals surface area contributed by atoms with Gasteiger partial charge in [-0.3, -0.25) is 0 Å². The highest BCUT2D eigenvalue weighted by molar-refractivity contribution is 6.17. The first kappa shape index (κ1) is 33.5. The summed E-state index contributed by atoms with van der Waals surface area (Å²) in [5.41, 5.74) is 18.8. The fourth-order valence-corrected chi connectivity index (χ4v) is 10.4. The van der Waals surface area contributed by atoms with E-state index < -0.39 is 0 Å². The van der Waals surface area contributed by atoms with Gasteiger partial charge in [-0.1, -0.05) is 170 Å². The zero-order valence-electron chi connectivity index (χ0n) is 33.3. The van der Waals surface area contributed by atoms with Gasteiger partial charge in [0.25, 0.3) is 0 Å². The van der Waals surface area contributed by atoms with Crippen molar-refractivity contribution in [2.45, 2.75) is 0 Å². The van der Waals surface area contributed by atoms with Gasteiger partial charge >= 0.3 is 0 Å². The Morgan fingerprint density at radius 3 is 1.00 bits per heavy atom. The fourth-order valence-electron chi connectivity index (χ4n) is 10.4. The average molecular weight is 785 g/mol. The molecular weight excluding hydrogens is 753 g/mol. The van der Waals surface area contributed by atoms with Crippen molar-refractivity contribution in [3.63, 3.8) is 0 Å². The van der Waals surface area contributed by atoms with E-state index in [4.69, 9.17) is 19.9 Å². The second-order valence-corrected chi connectivity index (χ2v) is 16.5. The highest BCUT2D eigenvalue weighted by Crippen LogP contribution is 2.50. The summed E-state index contributed by atoms with van der Waals surface area (Å²) in [5, 5.41) is 9.20. The Morgan fingerprint density at radius 2 is 0.581 bits per heavy atom. The van der Waals surface area contributed by atoms with E-state index in [-0.39, 0.29) is 0 Å². The van der Waals surface area contributed by atoms with E-state index in [9.17, 15) is 0 Å². The molecule has 8 aromatic carbocycles. The molecule has 12 aromatic rings. The molecule has 62 heavy (non-hydrogen) atoms. The predicted octanol–water partition coefficient (Wildman–Crippen LogP) is 15.0. The predicted molar refractivity (Wildman–Crippen MR) is 256 cm³/mol. The number of benzene rings is 8. The van der Waals surface area contributed by atoms with E-state index in [1.165, 1.54) is 43.8 Å². The highest BCUT2D eigenvalue weighted by atomic mass is 14.9. The molecule has 0 bridgehead atoms. The summed E-state index contributed by atoms with van der Waals surface area (Å²) in [6.07, 6.45) is 0. The molecule has 14 rings (SSSR count). The van der Waals surface area contributed by atoms with Gasteiger partial charge in [-0.2, -0.15) is 0 Å².